The third-order valence-corrected chi connectivity index (χ3v) is 5.88. The fourth-order valence-corrected chi connectivity index (χ4v) is 4.26. The Morgan fingerprint density at radius 1 is 1.14 bits per heavy atom. The van der Waals surface area contributed by atoms with Crippen molar-refractivity contribution < 1.29 is 19.1 Å². The Morgan fingerprint density at radius 2 is 1.96 bits per heavy atom. The molecule has 9 heteroatoms. The van der Waals surface area contributed by atoms with Crippen LogP contribution >= 0.6 is 11.3 Å². The number of amides is 3. The second-order valence-electron chi connectivity index (χ2n) is 7.28. The van der Waals surface area contributed by atoms with Gasteiger partial charge in [-0.3, -0.25) is 14.4 Å². The number of nitrogens with zero attached hydrogens (tertiary/aromatic N) is 2. The van der Waals surface area contributed by atoms with Gasteiger partial charge in [-0.25, -0.2) is 4.98 Å². The van der Waals surface area contributed by atoms with E-state index in [4.69, 9.17) is 4.74 Å². The lowest BCUT2D eigenvalue weighted by Crippen LogP contribution is -2.46. The minimum absolute atomic E-state index is 0.0460. The lowest BCUT2D eigenvalue weighted by molar-refractivity contribution is -0.139. The van der Waals surface area contributed by atoms with Crippen LogP contribution in [0.3, 0.4) is 0 Å². The van der Waals surface area contributed by atoms with Crippen molar-refractivity contribution >= 4 is 34.2 Å². The Balaban J connectivity index is 1.47. The van der Waals surface area contributed by atoms with Crippen molar-refractivity contribution in [3.05, 3.63) is 11.6 Å². The number of ether oxygens (including phenoxy) is 1. The lowest BCUT2D eigenvalue weighted by atomic mass is 10.1. The van der Waals surface area contributed by atoms with Crippen molar-refractivity contribution in [3.63, 3.8) is 0 Å². The molecule has 8 nitrogen and oxygen atoms in total. The Labute approximate surface area is 169 Å². The van der Waals surface area contributed by atoms with Crippen molar-refractivity contribution in [2.24, 2.45) is 0 Å². The van der Waals surface area contributed by atoms with Gasteiger partial charge in [-0.2, -0.15) is 0 Å². The van der Waals surface area contributed by atoms with Crippen molar-refractivity contribution in [2.75, 3.05) is 25.0 Å². The molecule has 2 aliphatic rings. The molecule has 1 aliphatic heterocycles. The zero-order valence-corrected chi connectivity index (χ0v) is 16.8. The van der Waals surface area contributed by atoms with Crippen LogP contribution in [0, 0.1) is 0 Å². The first-order chi connectivity index (χ1) is 13.6. The first kappa shape index (κ1) is 20.7. The molecule has 3 amide bonds. The molecule has 0 unspecified atom stereocenters. The molecule has 2 N–H and O–H groups in total. The normalized spacial score (nSPS) is 19.5. The highest BCUT2D eigenvalue weighted by molar-refractivity contribution is 7.13. The highest BCUT2D eigenvalue weighted by Gasteiger charge is 2.29. The molecule has 1 saturated carbocycles. The molecule has 1 aromatic heterocycles. The van der Waals surface area contributed by atoms with Crippen LogP contribution in [0.2, 0.25) is 0 Å². The Kier molecular flexibility index (Phi) is 7.79. The van der Waals surface area contributed by atoms with Gasteiger partial charge >= 0.3 is 0 Å². The Bertz CT molecular complexity index is 655. The van der Waals surface area contributed by atoms with Crippen molar-refractivity contribution in [2.45, 2.75) is 63.5 Å². The number of hydrogen-bond acceptors (Lipinski definition) is 6. The van der Waals surface area contributed by atoms with Crippen LogP contribution in [0.15, 0.2) is 11.6 Å². The van der Waals surface area contributed by atoms with Gasteiger partial charge in [0.15, 0.2) is 5.13 Å². The van der Waals surface area contributed by atoms with E-state index in [0.717, 1.165) is 45.1 Å². The smallest absolute Gasteiger partial charge is 0.239 e. The van der Waals surface area contributed by atoms with Gasteiger partial charge in [-0.1, -0.05) is 12.8 Å². The maximum absolute atomic E-state index is 12.8. The van der Waals surface area contributed by atoms with Crippen LogP contribution in [0.4, 0.5) is 5.13 Å². The maximum atomic E-state index is 12.8. The number of carbonyl (C=O) groups excluding carboxylic acids is 3. The zero-order valence-electron chi connectivity index (χ0n) is 16.0. The molecule has 1 aromatic rings. The van der Waals surface area contributed by atoms with Crippen molar-refractivity contribution in [1.29, 1.82) is 0 Å². The van der Waals surface area contributed by atoms with Crippen LogP contribution in [0.1, 0.15) is 51.4 Å². The van der Waals surface area contributed by atoms with Gasteiger partial charge in [0.2, 0.25) is 17.7 Å². The number of nitrogens with one attached hydrogen (secondary N) is 2. The summed E-state index contributed by atoms with van der Waals surface area (Å²) in [5.74, 6) is -0.547. The molecule has 28 heavy (non-hydrogen) atoms. The largest absolute Gasteiger partial charge is 0.376 e. The molecule has 0 radical (unpaired) electrons. The molecular weight excluding hydrogens is 380 g/mol. The minimum atomic E-state index is -0.238. The second kappa shape index (κ2) is 10.5. The summed E-state index contributed by atoms with van der Waals surface area (Å²) in [5.41, 5.74) is 0. The van der Waals surface area contributed by atoms with E-state index in [2.05, 4.69) is 15.6 Å². The SMILES string of the molecule is O=C(CN(C(=O)CCC(=O)Nc1nccs1)C1CCCC1)NC[C@H]1CCCO1. The number of carbonyl (C=O) groups is 3. The van der Waals surface area contributed by atoms with E-state index >= 15 is 0 Å². The lowest BCUT2D eigenvalue weighted by Gasteiger charge is -2.28. The van der Waals surface area contributed by atoms with Crippen LogP contribution in [-0.4, -0.2) is 59.4 Å². The molecule has 0 bridgehead atoms. The summed E-state index contributed by atoms with van der Waals surface area (Å²) in [4.78, 5) is 42.8. The molecule has 0 aromatic carbocycles. The Morgan fingerprint density at radius 3 is 2.64 bits per heavy atom. The van der Waals surface area contributed by atoms with Gasteiger partial charge in [0, 0.05) is 43.6 Å². The van der Waals surface area contributed by atoms with Gasteiger partial charge in [0.05, 0.1) is 12.6 Å². The fourth-order valence-electron chi connectivity index (χ4n) is 3.71. The monoisotopic (exact) mass is 408 g/mol. The number of anilines is 1. The van der Waals surface area contributed by atoms with Crippen LogP contribution < -0.4 is 10.6 Å². The Hall–Kier alpha value is -2.00. The molecule has 154 valence electrons. The average molecular weight is 409 g/mol. The first-order valence-corrected chi connectivity index (χ1v) is 10.9. The minimum Gasteiger partial charge on any atom is -0.376 e. The molecule has 2 heterocycles. The molecule has 1 saturated heterocycles. The van der Waals surface area contributed by atoms with Crippen LogP contribution in [-0.2, 0) is 19.1 Å². The summed E-state index contributed by atoms with van der Waals surface area (Å²) in [7, 11) is 0. The van der Waals surface area contributed by atoms with E-state index in [-0.39, 0.29) is 49.3 Å². The third-order valence-electron chi connectivity index (χ3n) is 5.20. The second-order valence-corrected chi connectivity index (χ2v) is 8.18. The number of hydrogen-bond donors (Lipinski definition) is 2. The molecular formula is C19H28N4O4S. The summed E-state index contributed by atoms with van der Waals surface area (Å²) in [6, 6.07) is 0.0861. The number of aromatic nitrogens is 1. The third kappa shape index (κ3) is 6.27. The number of rotatable bonds is 9. The van der Waals surface area contributed by atoms with Gasteiger partial charge in [0.25, 0.3) is 0 Å². The van der Waals surface area contributed by atoms with Crippen LogP contribution in [0.25, 0.3) is 0 Å². The van der Waals surface area contributed by atoms with E-state index in [1.54, 1.807) is 16.5 Å². The van der Waals surface area contributed by atoms with Gasteiger partial charge < -0.3 is 20.3 Å². The van der Waals surface area contributed by atoms with Gasteiger partial charge in [-0.05, 0) is 25.7 Å². The summed E-state index contributed by atoms with van der Waals surface area (Å²) < 4.78 is 5.52. The van der Waals surface area contributed by atoms with Crippen molar-refractivity contribution in [1.82, 2.24) is 15.2 Å². The van der Waals surface area contributed by atoms with Crippen LogP contribution in [0.5, 0.6) is 0 Å². The number of thiazole rings is 1. The highest BCUT2D eigenvalue weighted by Crippen LogP contribution is 2.24. The summed E-state index contributed by atoms with van der Waals surface area (Å²) >= 11 is 1.33. The van der Waals surface area contributed by atoms with E-state index in [9.17, 15) is 14.4 Å². The molecule has 3 rings (SSSR count). The molecule has 1 aliphatic carbocycles. The maximum Gasteiger partial charge on any atom is 0.239 e. The average Bonchev–Trinajstić information content (AvgIpc) is 3.45. The summed E-state index contributed by atoms with van der Waals surface area (Å²) in [5, 5.41) is 7.87. The quantitative estimate of drug-likeness (QED) is 0.650. The highest BCUT2D eigenvalue weighted by atomic mass is 32.1. The topological polar surface area (TPSA) is 101 Å². The predicted octanol–water partition coefficient (Wildman–Crippen LogP) is 1.93. The standard InChI is InChI=1S/C19H28N4O4S/c24-16(22-19-20-9-11-28-19)7-8-18(26)23(14-4-1-2-5-14)13-17(25)21-12-15-6-3-10-27-15/h9,11,14-15H,1-8,10,12-13H2,(H,21,25)(H,20,22,24)/t15-/m1/s1. The van der Waals surface area contributed by atoms with Gasteiger partial charge in [-0.15, -0.1) is 11.3 Å². The fraction of sp³-hybridized carbons (Fsp3) is 0.684. The molecule has 2 fully saturated rings. The van der Waals surface area contributed by atoms with E-state index < -0.39 is 0 Å². The molecule has 0 spiro atoms. The van der Waals surface area contributed by atoms with E-state index in [0.29, 0.717) is 11.7 Å². The van der Waals surface area contributed by atoms with E-state index in [1.165, 1.54) is 11.3 Å². The summed E-state index contributed by atoms with van der Waals surface area (Å²) in [6.07, 6.45) is 7.80. The van der Waals surface area contributed by atoms with E-state index in [1.807, 2.05) is 0 Å². The van der Waals surface area contributed by atoms with Crippen molar-refractivity contribution in [3.8, 4) is 0 Å². The van der Waals surface area contributed by atoms with Gasteiger partial charge in [0.1, 0.15) is 0 Å². The molecule has 1 atom stereocenters. The first-order valence-electron chi connectivity index (χ1n) is 9.99. The predicted molar refractivity (Wildman–Crippen MR) is 106 cm³/mol. The summed E-state index contributed by atoms with van der Waals surface area (Å²) in [6.45, 7) is 1.28. The zero-order chi connectivity index (χ0) is 19.8.